The normalized spacial score (nSPS) is 45.3. The van der Waals surface area contributed by atoms with Gasteiger partial charge in [-0.3, -0.25) is 4.79 Å². The smallest absolute Gasteiger partial charge is 0.237 e. The molecule has 2 saturated heterocycles. The first-order valence-corrected chi connectivity index (χ1v) is 8.26. The molecule has 0 aromatic carbocycles. The quantitative estimate of drug-likeness (QED) is 0.729. The van der Waals surface area contributed by atoms with Crippen molar-refractivity contribution in [3.8, 4) is 0 Å². The molecular formula is C18H24O5. The van der Waals surface area contributed by atoms with E-state index < -0.39 is 11.2 Å². The third kappa shape index (κ3) is 2.03. The summed E-state index contributed by atoms with van der Waals surface area (Å²) in [4.78, 5) is 12.5. The Bertz CT molecular complexity index is 570. The number of ketones is 1. The second-order valence-electron chi connectivity index (χ2n) is 7.88. The molecule has 0 radical (unpaired) electrons. The maximum Gasteiger partial charge on any atom is 0.237 e. The molecule has 0 amide bonds. The molecule has 5 heteroatoms. The third-order valence-electron chi connectivity index (χ3n) is 5.64. The highest BCUT2D eigenvalue weighted by atomic mass is 16.7. The number of hydrogen-bond donors (Lipinski definition) is 0. The molecule has 0 N–H and O–H groups in total. The monoisotopic (exact) mass is 320 g/mol. The Balaban J connectivity index is 1.76. The summed E-state index contributed by atoms with van der Waals surface area (Å²) in [7, 11) is 1.55. The fraction of sp³-hybridized carbons (Fsp3) is 0.722. The molecule has 23 heavy (non-hydrogen) atoms. The standard InChI is InChI=1S/C18H24O5/c1-16(2)10-21-15(22-11-16)17-7-4-5-12-9-23-18(20-3,14(12)17)13(19)6-8-17/h4-6,8,12,14-15H,7,9-11H2,1-3H3/t12-,14+,17-,18-/m1/s1. The van der Waals surface area contributed by atoms with Crippen molar-refractivity contribution in [2.24, 2.45) is 22.7 Å². The van der Waals surface area contributed by atoms with Crippen LogP contribution in [0.25, 0.3) is 0 Å². The van der Waals surface area contributed by atoms with Crippen molar-refractivity contribution in [2.45, 2.75) is 32.3 Å². The van der Waals surface area contributed by atoms with Crippen LogP contribution in [0, 0.1) is 22.7 Å². The molecule has 4 rings (SSSR count). The Morgan fingerprint density at radius 2 is 2.00 bits per heavy atom. The largest absolute Gasteiger partial charge is 0.351 e. The van der Waals surface area contributed by atoms with Crippen molar-refractivity contribution in [1.29, 1.82) is 0 Å². The van der Waals surface area contributed by atoms with Crippen LogP contribution in [0.1, 0.15) is 20.3 Å². The fourth-order valence-electron chi connectivity index (χ4n) is 4.53. The van der Waals surface area contributed by atoms with Crippen molar-refractivity contribution in [3.63, 3.8) is 0 Å². The maximum atomic E-state index is 12.5. The predicted octanol–water partition coefficient (Wildman–Crippen LogP) is 2.08. The van der Waals surface area contributed by atoms with E-state index in [1.54, 1.807) is 13.2 Å². The third-order valence-corrected chi connectivity index (χ3v) is 5.64. The van der Waals surface area contributed by atoms with Crippen molar-refractivity contribution in [3.05, 3.63) is 24.3 Å². The summed E-state index contributed by atoms with van der Waals surface area (Å²) in [5, 5.41) is 0. The van der Waals surface area contributed by atoms with Crippen LogP contribution in [0.2, 0.25) is 0 Å². The van der Waals surface area contributed by atoms with Gasteiger partial charge < -0.3 is 18.9 Å². The molecule has 4 atom stereocenters. The Morgan fingerprint density at radius 3 is 2.70 bits per heavy atom. The van der Waals surface area contributed by atoms with E-state index in [0.29, 0.717) is 19.8 Å². The molecule has 126 valence electrons. The van der Waals surface area contributed by atoms with Crippen LogP contribution in [0.15, 0.2) is 24.3 Å². The van der Waals surface area contributed by atoms with Gasteiger partial charge in [0.25, 0.3) is 0 Å². The van der Waals surface area contributed by atoms with Crippen LogP contribution < -0.4 is 0 Å². The second-order valence-corrected chi connectivity index (χ2v) is 7.88. The first-order chi connectivity index (χ1) is 10.9. The van der Waals surface area contributed by atoms with Crippen LogP contribution >= 0.6 is 0 Å². The van der Waals surface area contributed by atoms with Crippen LogP contribution in [-0.4, -0.2) is 44.8 Å². The minimum absolute atomic E-state index is 0.00969. The topological polar surface area (TPSA) is 54.0 Å². The first kappa shape index (κ1) is 15.5. The zero-order chi connectivity index (χ0) is 16.3. The van der Waals surface area contributed by atoms with Crippen molar-refractivity contribution < 1.29 is 23.7 Å². The number of carbonyl (C=O) groups is 1. The molecule has 0 bridgehead atoms. The summed E-state index contributed by atoms with van der Waals surface area (Å²) >= 11 is 0. The van der Waals surface area contributed by atoms with E-state index in [2.05, 4.69) is 26.0 Å². The summed E-state index contributed by atoms with van der Waals surface area (Å²) in [6, 6.07) is 0. The van der Waals surface area contributed by atoms with Crippen LogP contribution in [0.5, 0.6) is 0 Å². The van der Waals surface area contributed by atoms with Gasteiger partial charge in [-0.25, -0.2) is 0 Å². The fourth-order valence-corrected chi connectivity index (χ4v) is 4.53. The minimum atomic E-state index is -1.20. The predicted molar refractivity (Wildman–Crippen MR) is 82.5 cm³/mol. The van der Waals surface area contributed by atoms with E-state index in [1.165, 1.54) is 0 Å². The van der Waals surface area contributed by atoms with Gasteiger partial charge in [0.05, 0.1) is 25.2 Å². The van der Waals surface area contributed by atoms with Crippen molar-refractivity contribution in [2.75, 3.05) is 26.9 Å². The lowest BCUT2D eigenvalue weighted by molar-refractivity contribution is -0.295. The van der Waals surface area contributed by atoms with E-state index in [0.717, 1.165) is 6.42 Å². The van der Waals surface area contributed by atoms with Gasteiger partial charge in [0, 0.05) is 24.4 Å². The van der Waals surface area contributed by atoms with Gasteiger partial charge >= 0.3 is 0 Å². The maximum absolute atomic E-state index is 12.5. The minimum Gasteiger partial charge on any atom is -0.351 e. The molecule has 0 aromatic rings. The van der Waals surface area contributed by atoms with Gasteiger partial charge in [0.2, 0.25) is 11.6 Å². The van der Waals surface area contributed by atoms with Crippen LogP contribution in [0.3, 0.4) is 0 Å². The Morgan fingerprint density at radius 1 is 1.26 bits per heavy atom. The molecule has 0 saturated carbocycles. The zero-order valence-corrected chi connectivity index (χ0v) is 13.9. The number of allylic oxidation sites excluding steroid dienone is 1. The summed E-state index contributed by atoms with van der Waals surface area (Å²) in [5.74, 6) is -1.30. The highest BCUT2D eigenvalue weighted by Gasteiger charge is 2.67. The van der Waals surface area contributed by atoms with Crippen LogP contribution in [-0.2, 0) is 23.7 Å². The summed E-state index contributed by atoms with van der Waals surface area (Å²) in [6.45, 7) is 6.03. The van der Waals surface area contributed by atoms with E-state index >= 15 is 0 Å². The lowest BCUT2D eigenvalue weighted by Crippen LogP contribution is -2.61. The van der Waals surface area contributed by atoms with E-state index in [-0.39, 0.29) is 29.3 Å². The van der Waals surface area contributed by atoms with Crippen molar-refractivity contribution >= 4 is 5.78 Å². The lowest BCUT2D eigenvalue weighted by Gasteiger charge is -2.53. The van der Waals surface area contributed by atoms with E-state index in [4.69, 9.17) is 18.9 Å². The van der Waals surface area contributed by atoms with Gasteiger partial charge in [-0.15, -0.1) is 0 Å². The number of carbonyl (C=O) groups excluding carboxylic acids is 1. The number of rotatable bonds is 2. The lowest BCUT2D eigenvalue weighted by atomic mass is 9.58. The average Bonchev–Trinajstić information content (AvgIpc) is 2.93. The molecule has 5 nitrogen and oxygen atoms in total. The Hall–Kier alpha value is -1.01. The number of ether oxygens (including phenoxy) is 4. The first-order valence-electron chi connectivity index (χ1n) is 8.26. The molecule has 2 aliphatic heterocycles. The Kier molecular flexibility index (Phi) is 3.37. The van der Waals surface area contributed by atoms with Crippen LogP contribution in [0.4, 0.5) is 0 Å². The highest BCUT2D eigenvalue weighted by Crippen LogP contribution is 2.58. The summed E-state index contributed by atoms with van der Waals surface area (Å²) < 4.78 is 23.8. The molecular weight excluding hydrogens is 296 g/mol. The molecule has 0 aromatic heterocycles. The average molecular weight is 320 g/mol. The molecule has 2 fully saturated rings. The van der Waals surface area contributed by atoms with Gasteiger partial charge in [-0.1, -0.05) is 32.1 Å². The van der Waals surface area contributed by atoms with Crippen molar-refractivity contribution in [1.82, 2.24) is 0 Å². The van der Waals surface area contributed by atoms with E-state index in [9.17, 15) is 4.79 Å². The molecule has 0 unspecified atom stereocenters. The molecule has 2 heterocycles. The number of hydrogen-bond acceptors (Lipinski definition) is 5. The summed E-state index contributed by atoms with van der Waals surface area (Å²) in [6.07, 6.45) is 8.25. The zero-order valence-electron chi connectivity index (χ0n) is 13.9. The molecule has 2 aliphatic carbocycles. The van der Waals surface area contributed by atoms with Gasteiger partial charge in [-0.05, 0) is 12.5 Å². The Labute approximate surface area is 136 Å². The van der Waals surface area contributed by atoms with Gasteiger partial charge in [-0.2, -0.15) is 0 Å². The van der Waals surface area contributed by atoms with Gasteiger partial charge in [0.15, 0.2) is 6.29 Å². The van der Waals surface area contributed by atoms with Gasteiger partial charge in [0.1, 0.15) is 0 Å². The summed E-state index contributed by atoms with van der Waals surface area (Å²) in [5.41, 5.74) is -0.411. The number of methoxy groups -OCH3 is 1. The molecule has 4 aliphatic rings. The SMILES string of the molecule is CO[C@@]12OC[C@H]3C=CC[C@@](C4OCC(C)(C)CO4)(C=CC1=O)[C@H]32. The molecule has 0 spiro atoms. The van der Waals surface area contributed by atoms with E-state index in [1.807, 2.05) is 6.08 Å². The second kappa shape index (κ2) is 4.99. The highest BCUT2D eigenvalue weighted by molar-refractivity contribution is 5.98.